The first-order valence-electron chi connectivity index (χ1n) is 11.9. The maximum absolute atomic E-state index is 4.56. The molecule has 0 heterocycles. The summed E-state index contributed by atoms with van der Waals surface area (Å²) in [4.78, 5) is 0. The van der Waals surface area contributed by atoms with Crippen LogP contribution in [0.2, 0.25) is 0 Å². The van der Waals surface area contributed by atoms with Crippen LogP contribution in [0.1, 0.15) is 126 Å². The van der Waals surface area contributed by atoms with Gasteiger partial charge in [0.25, 0.3) is 0 Å². The van der Waals surface area contributed by atoms with Crippen molar-refractivity contribution in [1.82, 2.24) is 0 Å². The first-order valence-corrected chi connectivity index (χ1v) is 12.4. The van der Waals surface area contributed by atoms with E-state index in [0.717, 1.165) is 17.8 Å². The normalized spacial score (nSPS) is 30.5. The van der Waals surface area contributed by atoms with Crippen LogP contribution < -0.4 is 0 Å². The molecule has 26 heavy (non-hydrogen) atoms. The molecular formula is C25H50S. The van der Waals surface area contributed by atoms with E-state index >= 15 is 0 Å². The Morgan fingerprint density at radius 1 is 0.615 bits per heavy atom. The molecule has 0 nitrogen and oxygen atoms in total. The lowest BCUT2D eigenvalue weighted by Crippen LogP contribution is -2.30. The second-order valence-corrected chi connectivity index (χ2v) is 10.9. The second kappa shape index (κ2) is 11.4. The number of hydrogen-bond donors (Lipinski definition) is 1. The molecular weight excluding hydrogens is 332 g/mol. The van der Waals surface area contributed by atoms with Gasteiger partial charge in [-0.25, -0.2) is 0 Å². The highest BCUT2D eigenvalue weighted by molar-refractivity contribution is 7.80. The molecule has 156 valence electrons. The molecule has 0 aliphatic heterocycles. The van der Waals surface area contributed by atoms with Crippen LogP contribution in [0, 0.1) is 28.6 Å². The van der Waals surface area contributed by atoms with Crippen LogP contribution in [0.25, 0.3) is 0 Å². The Bertz CT molecular complexity index is 314. The minimum Gasteiger partial charge on any atom is -0.176 e. The molecule has 0 radical (unpaired) electrons. The minimum absolute atomic E-state index is 0.605. The van der Waals surface area contributed by atoms with E-state index in [-0.39, 0.29) is 0 Å². The lowest BCUT2D eigenvalue weighted by Gasteiger charge is -2.40. The van der Waals surface area contributed by atoms with Crippen molar-refractivity contribution in [1.29, 1.82) is 0 Å². The summed E-state index contributed by atoms with van der Waals surface area (Å²) in [6.45, 7) is 16.8. The first kappa shape index (κ1) is 24.4. The summed E-state index contributed by atoms with van der Waals surface area (Å²) in [5, 5.41) is 0.689. The van der Waals surface area contributed by atoms with Gasteiger partial charge in [-0.3, -0.25) is 0 Å². The molecule has 0 aromatic carbocycles. The largest absolute Gasteiger partial charge is 0.176 e. The average molecular weight is 383 g/mol. The van der Waals surface area contributed by atoms with E-state index in [9.17, 15) is 0 Å². The molecule has 0 saturated heterocycles. The summed E-state index contributed by atoms with van der Waals surface area (Å²) in [5.74, 6) is 2.97. The molecule has 0 spiro atoms. The van der Waals surface area contributed by atoms with Crippen molar-refractivity contribution in [2.24, 2.45) is 28.6 Å². The van der Waals surface area contributed by atoms with Crippen molar-refractivity contribution in [3.8, 4) is 0 Å². The molecule has 0 N–H and O–H groups in total. The van der Waals surface area contributed by atoms with Crippen LogP contribution in [0.4, 0.5) is 0 Å². The molecule has 0 aromatic heterocycles. The van der Waals surface area contributed by atoms with Crippen molar-refractivity contribution < 1.29 is 0 Å². The van der Waals surface area contributed by atoms with E-state index in [1.165, 1.54) is 77.0 Å². The van der Waals surface area contributed by atoms with Crippen LogP contribution in [-0.4, -0.2) is 5.25 Å². The predicted molar refractivity (Wildman–Crippen MR) is 123 cm³/mol. The topological polar surface area (TPSA) is 0 Å². The fourth-order valence-corrected chi connectivity index (χ4v) is 5.68. The van der Waals surface area contributed by atoms with Gasteiger partial charge in [0.1, 0.15) is 0 Å². The van der Waals surface area contributed by atoms with Crippen molar-refractivity contribution in [3.05, 3.63) is 0 Å². The van der Waals surface area contributed by atoms with E-state index in [0.29, 0.717) is 16.1 Å². The average Bonchev–Trinajstić information content (AvgIpc) is 2.68. The smallest absolute Gasteiger partial charge is 0.00170 e. The first-order chi connectivity index (χ1) is 12.2. The summed E-state index contributed by atoms with van der Waals surface area (Å²) >= 11 is 4.56. The minimum atomic E-state index is 0.605. The Kier molecular flexibility index (Phi) is 10.7. The number of hydrogen-bond acceptors (Lipinski definition) is 1. The Hall–Kier alpha value is 0.350. The summed E-state index contributed by atoms with van der Waals surface area (Å²) in [7, 11) is 0. The second-order valence-electron chi connectivity index (χ2n) is 10.2. The highest BCUT2D eigenvalue weighted by Gasteiger charge is 2.33. The molecule has 2 aliphatic carbocycles. The molecule has 1 heteroatoms. The SMILES string of the molecule is CCC(C)(CC)C1CCC(C)CC1.CCC(C)(CC)C1CCC(S)CC1. The Morgan fingerprint density at radius 2 is 0.923 bits per heavy atom. The van der Waals surface area contributed by atoms with E-state index in [1.54, 1.807) is 0 Å². The molecule has 0 amide bonds. The zero-order valence-electron chi connectivity index (χ0n) is 19.2. The van der Waals surface area contributed by atoms with Gasteiger partial charge >= 0.3 is 0 Å². The number of thiol groups is 1. The van der Waals surface area contributed by atoms with Gasteiger partial charge in [0.15, 0.2) is 0 Å². The van der Waals surface area contributed by atoms with Crippen LogP contribution >= 0.6 is 12.6 Å². The third kappa shape index (κ3) is 6.75. The quantitative estimate of drug-likeness (QED) is 0.435. The lowest BCUT2D eigenvalue weighted by atomic mass is 9.65. The van der Waals surface area contributed by atoms with Crippen LogP contribution in [0.15, 0.2) is 0 Å². The fourth-order valence-electron chi connectivity index (χ4n) is 5.38. The predicted octanol–water partition coefficient (Wildman–Crippen LogP) is 8.94. The molecule has 2 saturated carbocycles. The van der Waals surface area contributed by atoms with Gasteiger partial charge in [0.2, 0.25) is 0 Å². The van der Waals surface area contributed by atoms with Crippen molar-refractivity contribution in [2.75, 3.05) is 0 Å². The van der Waals surface area contributed by atoms with E-state index in [2.05, 4.69) is 61.1 Å². The van der Waals surface area contributed by atoms with Gasteiger partial charge in [-0.1, -0.05) is 87.0 Å². The van der Waals surface area contributed by atoms with Crippen LogP contribution in [0.3, 0.4) is 0 Å². The van der Waals surface area contributed by atoms with Gasteiger partial charge in [-0.05, 0) is 67.1 Å². The van der Waals surface area contributed by atoms with E-state index < -0.39 is 0 Å². The monoisotopic (exact) mass is 382 g/mol. The lowest BCUT2D eigenvalue weighted by molar-refractivity contribution is 0.109. The van der Waals surface area contributed by atoms with Gasteiger partial charge in [-0.2, -0.15) is 12.6 Å². The maximum Gasteiger partial charge on any atom is 0.00170 e. The zero-order valence-corrected chi connectivity index (χ0v) is 20.1. The fraction of sp³-hybridized carbons (Fsp3) is 1.00. The summed E-state index contributed by atoms with van der Waals surface area (Å²) < 4.78 is 0. The highest BCUT2D eigenvalue weighted by Crippen LogP contribution is 2.45. The molecule has 2 aliphatic rings. The summed E-state index contributed by atoms with van der Waals surface area (Å²) in [6, 6.07) is 0. The van der Waals surface area contributed by atoms with Crippen LogP contribution in [0.5, 0.6) is 0 Å². The maximum atomic E-state index is 4.56. The van der Waals surface area contributed by atoms with Gasteiger partial charge in [0.05, 0.1) is 0 Å². The van der Waals surface area contributed by atoms with Crippen LogP contribution in [-0.2, 0) is 0 Å². The van der Waals surface area contributed by atoms with Gasteiger partial charge < -0.3 is 0 Å². The Balaban J connectivity index is 0.000000260. The molecule has 0 bridgehead atoms. The zero-order chi connectivity index (χ0) is 19.8. The standard InChI is InChI=1S/C13H26.C12H24S/c1-5-13(4,6-2)12-9-7-11(3)8-10-12;1-4-12(3,5-2)10-6-8-11(13)9-7-10/h11-12H,5-10H2,1-4H3;10-11,13H,4-9H2,1-3H3. The molecule has 0 unspecified atom stereocenters. The molecule has 0 aromatic rings. The van der Waals surface area contributed by atoms with E-state index in [4.69, 9.17) is 0 Å². The van der Waals surface area contributed by atoms with Crippen molar-refractivity contribution in [3.63, 3.8) is 0 Å². The third-order valence-corrected chi connectivity index (χ3v) is 9.43. The third-order valence-electron chi connectivity index (χ3n) is 8.91. The number of rotatable bonds is 6. The summed E-state index contributed by atoms with van der Waals surface area (Å²) in [6.07, 6.45) is 16.8. The van der Waals surface area contributed by atoms with Gasteiger partial charge in [-0.15, -0.1) is 0 Å². The van der Waals surface area contributed by atoms with Crippen molar-refractivity contribution >= 4 is 12.6 Å². The molecule has 0 atom stereocenters. The Morgan fingerprint density at radius 3 is 1.23 bits per heavy atom. The summed E-state index contributed by atoms with van der Waals surface area (Å²) in [5.41, 5.74) is 1.24. The highest BCUT2D eigenvalue weighted by atomic mass is 32.1. The molecule has 2 fully saturated rings. The van der Waals surface area contributed by atoms with E-state index in [1.807, 2.05) is 0 Å². The molecule has 2 rings (SSSR count). The van der Waals surface area contributed by atoms with Gasteiger partial charge in [0, 0.05) is 5.25 Å². The Labute approximate surface area is 172 Å². The van der Waals surface area contributed by atoms with Crippen molar-refractivity contribution in [2.45, 2.75) is 131 Å².